The lowest BCUT2D eigenvalue weighted by Crippen LogP contribution is -2.29. The second-order valence-corrected chi connectivity index (χ2v) is 15.4. The van der Waals surface area contributed by atoms with E-state index in [0.29, 0.717) is 11.4 Å². The van der Waals surface area contributed by atoms with Crippen LogP contribution in [-0.4, -0.2) is 0 Å². The molecule has 0 atom stereocenters. The first-order valence-electron chi connectivity index (χ1n) is 19.6. The third-order valence-electron chi connectivity index (χ3n) is 11.4. The zero-order valence-corrected chi connectivity index (χ0v) is 33.1. The number of anilines is 6. The fraction of sp³-hybridized carbons (Fsp3) is 0.0943. The summed E-state index contributed by atoms with van der Waals surface area (Å²) < 4.78 is 64.5. The van der Waals surface area contributed by atoms with Crippen LogP contribution in [0.25, 0.3) is 11.1 Å². The standard InChI is InChI=1S/C53H40F4N2/c1-33-15-23-49(45(54)27-33)58(50-24-16-34(2)28-46(50)55)39-19-21-41-42-22-20-40(59(51-25-17-35(3)29-47(51)56)52-26-18-36(4)30-48(52)57)32-44(42)53(43(41)31-39,37-11-7-5-8-12-37)38-13-9-6-10-14-38/h5-32H,1-4H3. The highest BCUT2D eigenvalue weighted by atomic mass is 19.1. The maximum Gasteiger partial charge on any atom is 0.147 e. The molecule has 0 saturated heterocycles. The van der Waals surface area contributed by atoms with Crippen LogP contribution in [0.3, 0.4) is 0 Å². The molecule has 2 nitrogen and oxygen atoms in total. The van der Waals surface area contributed by atoms with Gasteiger partial charge in [0.05, 0.1) is 28.2 Å². The van der Waals surface area contributed by atoms with Gasteiger partial charge in [0.15, 0.2) is 0 Å². The van der Waals surface area contributed by atoms with Crippen LogP contribution in [0.2, 0.25) is 0 Å². The Morgan fingerprint density at radius 3 is 0.932 bits per heavy atom. The van der Waals surface area contributed by atoms with Crippen molar-refractivity contribution in [2.75, 3.05) is 9.80 Å². The van der Waals surface area contributed by atoms with E-state index in [1.807, 2.05) is 125 Å². The first kappa shape index (κ1) is 37.6. The third-order valence-corrected chi connectivity index (χ3v) is 11.4. The largest absolute Gasteiger partial charge is 0.305 e. The van der Waals surface area contributed by atoms with E-state index in [0.717, 1.165) is 55.6 Å². The molecular formula is C53H40F4N2. The molecule has 0 amide bonds. The molecule has 0 fully saturated rings. The topological polar surface area (TPSA) is 6.48 Å². The van der Waals surface area contributed by atoms with Crippen LogP contribution in [-0.2, 0) is 5.41 Å². The molecule has 9 rings (SSSR count). The summed E-state index contributed by atoms with van der Waals surface area (Å²) in [7, 11) is 0. The van der Waals surface area contributed by atoms with Crippen LogP contribution < -0.4 is 9.80 Å². The number of hydrogen-bond donors (Lipinski definition) is 0. The molecule has 0 bridgehead atoms. The Hall–Kier alpha value is -6.92. The summed E-state index contributed by atoms with van der Waals surface area (Å²) in [4.78, 5) is 3.28. The van der Waals surface area contributed by atoms with Gasteiger partial charge in [0.25, 0.3) is 0 Å². The van der Waals surface area contributed by atoms with Gasteiger partial charge in [0.1, 0.15) is 23.3 Å². The summed E-state index contributed by atoms with van der Waals surface area (Å²) >= 11 is 0. The lowest BCUT2D eigenvalue weighted by molar-refractivity contribution is 0.617. The smallest absolute Gasteiger partial charge is 0.147 e. The minimum Gasteiger partial charge on any atom is -0.305 e. The minimum atomic E-state index is -0.980. The molecule has 1 aliphatic carbocycles. The molecule has 0 heterocycles. The molecule has 0 spiro atoms. The molecule has 0 saturated carbocycles. The highest BCUT2D eigenvalue weighted by Crippen LogP contribution is 2.58. The zero-order chi connectivity index (χ0) is 41.0. The van der Waals surface area contributed by atoms with Crippen LogP contribution in [0, 0.1) is 51.0 Å². The number of nitrogens with zero attached hydrogens (tertiary/aromatic N) is 2. The normalized spacial score (nSPS) is 12.5. The second-order valence-electron chi connectivity index (χ2n) is 15.4. The Kier molecular flexibility index (Phi) is 9.43. The van der Waals surface area contributed by atoms with Gasteiger partial charge in [-0.2, -0.15) is 0 Å². The van der Waals surface area contributed by atoms with E-state index in [1.54, 1.807) is 34.1 Å². The predicted molar refractivity (Wildman–Crippen MR) is 232 cm³/mol. The fourth-order valence-electron chi connectivity index (χ4n) is 8.73. The minimum absolute atomic E-state index is 0.206. The van der Waals surface area contributed by atoms with E-state index in [9.17, 15) is 0 Å². The van der Waals surface area contributed by atoms with Gasteiger partial charge in [-0.3, -0.25) is 0 Å². The van der Waals surface area contributed by atoms with E-state index >= 15 is 17.6 Å². The van der Waals surface area contributed by atoms with Crippen LogP contribution in [0.5, 0.6) is 0 Å². The van der Waals surface area contributed by atoms with Crippen LogP contribution >= 0.6 is 0 Å². The molecule has 0 radical (unpaired) electrons. The number of benzene rings is 8. The first-order chi connectivity index (χ1) is 28.5. The van der Waals surface area contributed by atoms with Gasteiger partial charge in [0, 0.05) is 11.4 Å². The molecule has 59 heavy (non-hydrogen) atoms. The summed E-state index contributed by atoms with van der Waals surface area (Å²) in [5.74, 6) is -1.93. The van der Waals surface area contributed by atoms with Gasteiger partial charge in [-0.25, -0.2) is 17.6 Å². The third kappa shape index (κ3) is 6.36. The molecule has 0 aromatic heterocycles. The predicted octanol–water partition coefficient (Wildman–Crippen LogP) is 14.8. The molecule has 8 aromatic carbocycles. The number of aryl methyl sites for hydroxylation is 4. The van der Waals surface area contributed by atoms with E-state index < -0.39 is 28.7 Å². The van der Waals surface area contributed by atoms with Crippen molar-refractivity contribution in [3.63, 3.8) is 0 Å². The number of hydrogen-bond acceptors (Lipinski definition) is 2. The van der Waals surface area contributed by atoms with Gasteiger partial charge in [-0.05, 0) is 156 Å². The van der Waals surface area contributed by atoms with Crippen molar-refractivity contribution < 1.29 is 17.6 Å². The summed E-state index contributed by atoms with van der Waals surface area (Å²) in [6, 6.07) is 52.0. The highest BCUT2D eigenvalue weighted by Gasteiger charge is 2.47. The molecule has 290 valence electrons. The zero-order valence-electron chi connectivity index (χ0n) is 33.1. The number of fused-ring (bicyclic) bond motifs is 3. The summed E-state index contributed by atoms with van der Waals surface area (Å²) in [5.41, 5.74) is 9.45. The average Bonchev–Trinajstić information content (AvgIpc) is 3.51. The molecule has 0 aliphatic heterocycles. The molecule has 1 aliphatic rings. The van der Waals surface area contributed by atoms with Gasteiger partial charge in [0.2, 0.25) is 0 Å². The van der Waals surface area contributed by atoms with E-state index in [2.05, 4.69) is 24.3 Å². The average molecular weight is 781 g/mol. The van der Waals surface area contributed by atoms with Gasteiger partial charge in [-0.1, -0.05) is 97.1 Å². The Bertz CT molecular complexity index is 2590. The number of rotatable bonds is 8. The maximum atomic E-state index is 16.1. The highest BCUT2D eigenvalue weighted by molar-refractivity contribution is 5.92. The van der Waals surface area contributed by atoms with Crippen LogP contribution in [0.1, 0.15) is 44.5 Å². The van der Waals surface area contributed by atoms with E-state index in [4.69, 9.17) is 0 Å². The molecule has 0 unspecified atom stereocenters. The SMILES string of the molecule is Cc1ccc(N(c2ccc3c(c2)C(c2ccccc2)(c2ccccc2)c2cc(N(c4ccc(C)cc4F)c4ccc(C)cc4F)ccc2-3)c2ccc(C)cc2F)c(F)c1. The van der Waals surface area contributed by atoms with Crippen molar-refractivity contribution in [1.82, 2.24) is 0 Å². The quantitative estimate of drug-likeness (QED) is 0.142. The summed E-state index contributed by atoms with van der Waals surface area (Å²) in [6.45, 7) is 7.28. The van der Waals surface area contributed by atoms with Crippen LogP contribution in [0.4, 0.5) is 51.7 Å². The Morgan fingerprint density at radius 2 is 0.644 bits per heavy atom. The Balaban J connectivity index is 1.35. The number of halogens is 4. The van der Waals surface area contributed by atoms with Crippen LogP contribution in [0.15, 0.2) is 170 Å². The van der Waals surface area contributed by atoms with Gasteiger partial charge >= 0.3 is 0 Å². The van der Waals surface area contributed by atoms with Crippen molar-refractivity contribution in [2.45, 2.75) is 33.1 Å². The van der Waals surface area contributed by atoms with Crippen molar-refractivity contribution in [2.24, 2.45) is 0 Å². The summed E-state index contributed by atoms with van der Waals surface area (Å²) in [5, 5.41) is 0. The van der Waals surface area contributed by atoms with Gasteiger partial charge < -0.3 is 9.80 Å². The maximum absolute atomic E-state index is 16.1. The van der Waals surface area contributed by atoms with Crippen molar-refractivity contribution in [3.8, 4) is 11.1 Å². The van der Waals surface area contributed by atoms with E-state index in [-0.39, 0.29) is 22.7 Å². The fourth-order valence-corrected chi connectivity index (χ4v) is 8.73. The molecular weight excluding hydrogens is 741 g/mol. The van der Waals surface area contributed by atoms with Crippen molar-refractivity contribution in [1.29, 1.82) is 0 Å². The summed E-state index contributed by atoms with van der Waals surface area (Å²) in [6.07, 6.45) is 0. The van der Waals surface area contributed by atoms with Crippen molar-refractivity contribution >= 4 is 34.1 Å². The molecule has 8 aromatic rings. The second kappa shape index (κ2) is 14.8. The van der Waals surface area contributed by atoms with E-state index in [1.165, 1.54) is 24.3 Å². The van der Waals surface area contributed by atoms with Crippen molar-refractivity contribution in [3.05, 3.63) is 238 Å². The lowest BCUT2D eigenvalue weighted by atomic mass is 9.67. The molecule has 0 N–H and O–H groups in total. The van der Waals surface area contributed by atoms with Gasteiger partial charge in [-0.15, -0.1) is 0 Å². The first-order valence-corrected chi connectivity index (χ1v) is 19.6. The monoisotopic (exact) mass is 780 g/mol. The molecule has 6 heteroatoms. The Labute approximate surface area is 342 Å². The Morgan fingerprint density at radius 1 is 0.339 bits per heavy atom. The lowest BCUT2D eigenvalue weighted by Gasteiger charge is -2.35.